The molecule has 0 unspecified atom stereocenters. The van der Waals surface area contributed by atoms with Crippen LogP contribution in [0.4, 0.5) is 0 Å². The van der Waals surface area contributed by atoms with E-state index in [0.29, 0.717) is 23.6 Å². The Labute approximate surface area is 82.6 Å². The molecule has 13 heavy (non-hydrogen) atoms. The van der Waals surface area contributed by atoms with Crippen molar-refractivity contribution < 1.29 is 5.11 Å². The Hall–Kier alpha value is -0.990. The molecule has 70 valence electrons. The third kappa shape index (κ3) is 2.47. The maximum Gasteiger partial charge on any atom is 0.123 e. The van der Waals surface area contributed by atoms with Gasteiger partial charge < -0.3 is 10.8 Å². The second-order valence-electron chi connectivity index (χ2n) is 2.80. The van der Waals surface area contributed by atoms with Gasteiger partial charge in [-0.2, -0.15) is 0 Å². The zero-order valence-corrected chi connectivity index (χ0v) is 8.01. The molecule has 3 heteroatoms. The number of hydrogen-bond donors (Lipinski definition) is 2. The summed E-state index contributed by atoms with van der Waals surface area (Å²) in [6, 6.07) is 4.88. The lowest BCUT2D eigenvalue weighted by molar-refractivity contribution is 0.473. The summed E-state index contributed by atoms with van der Waals surface area (Å²) in [4.78, 5) is 0. The molecule has 1 rings (SSSR count). The number of rotatable bonds is 3. The average molecular weight is 198 g/mol. The highest BCUT2D eigenvalue weighted by Gasteiger charge is 2.04. The molecular formula is C10H12ClNO. The molecule has 0 aliphatic heterocycles. The van der Waals surface area contributed by atoms with Crippen molar-refractivity contribution in [1.29, 1.82) is 0 Å². The molecule has 0 fully saturated rings. The van der Waals surface area contributed by atoms with Crippen molar-refractivity contribution in [2.45, 2.75) is 6.42 Å². The van der Waals surface area contributed by atoms with Gasteiger partial charge in [0.25, 0.3) is 0 Å². The fourth-order valence-electron chi connectivity index (χ4n) is 1.10. The van der Waals surface area contributed by atoms with Gasteiger partial charge in [-0.15, -0.1) is 0 Å². The van der Waals surface area contributed by atoms with Crippen LogP contribution in [0, 0.1) is 0 Å². The van der Waals surface area contributed by atoms with Crippen molar-refractivity contribution in [2.75, 3.05) is 6.54 Å². The molecule has 0 atom stereocenters. The van der Waals surface area contributed by atoms with Gasteiger partial charge in [-0.25, -0.2) is 0 Å². The van der Waals surface area contributed by atoms with Crippen molar-refractivity contribution in [3.05, 3.63) is 35.4 Å². The molecule has 0 aliphatic carbocycles. The van der Waals surface area contributed by atoms with Crippen LogP contribution in [0.3, 0.4) is 0 Å². The van der Waals surface area contributed by atoms with Crippen LogP contribution in [0.1, 0.15) is 12.0 Å². The number of halogens is 1. The Kier molecular flexibility index (Phi) is 3.34. The van der Waals surface area contributed by atoms with E-state index < -0.39 is 0 Å². The number of benzene rings is 1. The fraction of sp³-hybridized carbons (Fsp3) is 0.200. The summed E-state index contributed by atoms with van der Waals surface area (Å²) in [6.45, 7) is 4.34. The number of hydrogen-bond acceptors (Lipinski definition) is 2. The molecule has 0 aromatic heterocycles. The second-order valence-corrected chi connectivity index (χ2v) is 3.24. The molecule has 3 N–H and O–H groups in total. The van der Waals surface area contributed by atoms with Gasteiger partial charge in [0, 0.05) is 10.6 Å². The SMILES string of the molecule is C=C(CCN)c1cc(Cl)ccc1O. The van der Waals surface area contributed by atoms with Crippen molar-refractivity contribution in [3.8, 4) is 5.75 Å². The lowest BCUT2D eigenvalue weighted by Gasteiger charge is -2.06. The number of aromatic hydroxyl groups is 1. The fourth-order valence-corrected chi connectivity index (χ4v) is 1.27. The predicted molar refractivity (Wildman–Crippen MR) is 55.8 cm³/mol. The molecule has 0 saturated heterocycles. The van der Waals surface area contributed by atoms with Crippen LogP contribution < -0.4 is 5.73 Å². The average Bonchev–Trinajstić information content (AvgIpc) is 2.09. The first kappa shape index (κ1) is 10.1. The standard InChI is InChI=1S/C10H12ClNO/c1-7(4-5-12)9-6-8(11)2-3-10(9)13/h2-3,6,13H,1,4-5,12H2. The quantitative estimate of drug-likeness (QED) is 0.782. The van der Waals surface area contributed by atoms with E-state index in [4.69, 9.17) is 17.3 Å². The molecule has 0 aliphatic rings. The van der Waals surface area contributed by atoms with Gasteiger partial charge in [0.05, 0.1) is 0 Å². The van der Waals surface area contributed by atoms with Crippen molar-refractivity contribution in [2.24, 2.45) is 5.73 Å². The Morgan fingerprint density at radius 2 is 2.23 bits per heavy atom. The van der Waals surface area contributed by atoms with Crippen molar-refractivity contribution in [1.82, 2.24) is 0 Å². The Bertz CT molecular complexity index is 323. The molecule has 2 nitrogen and oxygen atoms in total. The third-order valence-corrected chi connectivity index (χ3v) is 2.02. The van der Waals surface area contributed by atoms with Gasteiger partial charge in [-0.05, 0) is 36.7 Å². The Morgan fingerprint density at radius 3 is 2.85 bits per heavy atom. The van der Waals surface area contributed by atoms with E-state index in [1.807, 2.05) is 0 Å². The molecule has 1 aromatic carbocycles. The van der Waals surface area contributed by atoms with E-state index in [-0.39, 0.29) is 5.75 Å². The van der Waals surface area contributed by atoms with Gasteiger partial charge in [-0.1, -0.05) is 18.2 Å². The summed E-state index contributed by atoms with van der Waals surface area (Å²) < 4.78 is 0. The van der Waals surface area contributed by atoms with E-state index in [0.717, 1.165) is 5.57 Å². The van der Waals surface area contributed by atoms with Gasteiger partial charge in [0.1, 0.15) is 5.75 Å². The predicted octanol–water partition coefficient (Wildman–Crippen LogP) is 2.41. The van der Waals surface area contributed by atoms with E-state index in [1.165, 1.54) is 0 Å². The Balaban J connectivity index is 2.99. The summed E-state index contributed by atoms with van der Waals surface area (Å²) in [6.07, 6.45) is 0.661. The minimum atomic E-state index is 0.197. The largest absolute Gasteiger partial charge is 0.507 e. The number of nitrogens with two attached hydrogens (primary N) is 1. The van der Waals surface area contributed by atoms with Crippen LogP contribution >= 0.6 is 11.6 Å². The smallest absolute Gasteiger partial charge is 0.123 e. The van der Waals surface area contributed by atoms with E-state index in [2.05, 4.69) is 6.58 Å². The number of phenols is 1. The molecular weight excluding hydrogens is 186 g/mol. The minimum Gasteiger partial charge on any atom is -0.507 e. The van der Waals surface area contributed by atoms with E-state index >= 15 is 0 Å². The highest BCUT2D eigenvalue weighted by Crippen LogP contribution is 2.28. The summed E-state index contributed by atoms with van der Waals surface area (Å²) in [5.41, 5.74) is 6.87. The first-order valence-corrected chi connectivity index (χ1v) is 4.39. The van der Waals surface area contributed by atoms with Crippen LogP contribution in [0.2, 0.25) is 5.02 Å². The van der Waals surface area contributed by atoms with Gasteiger partial charge >= 0.3 is 0 Å². The summed E-state index contributed by atoms with van der Waals surface area (Å²) >= 11 is 5.78. The van der Waals surface area contributed by atoms with E-state index in [1.54, 1.807) is 18.2 Å². The summed E-state index contributed by atoms with van der Waals surface area (Å²) in [5, 5.41) is 10.1. The second kappa shape index (κ2) is 4.30. The highest BCUT2D eigenvalue weighted by molar-refractivity contribution is 6.30. The topological polar surface area (TPSA) is 46.2 Å². The summed E-state index contributed by atoms with van der Waals surface area (Å²) in [5.74, 6) is 0.197. The zero-order chi connectivity index (χ0) is 9.84. The first-order valence-electron chi connectivity index (χ1n) is 4.02. The number of phenolic OH excluding ortho intramolecular Hbond substituents is 1. The molecule has 0 spiro atoms. The minimum absolute atomic E-state index is 0.197. The van der Waals surface area contributed by atoms with E-state index in [9.17, 15) is 5.11 Å². The molecule has 1 aromatic rings. The normalized spacial score (nSPS) is 10.0. The van der Waals surface area contributed by atoms with Gasteiger partial charge in [0.2, 0.25) is 0 Å². The lowest BCUT2D eigenvalue weighted by atomic mass is 10.0. The first-order chi connectivity index (χ1) is 6.15. The lowest BCUT2D eigenvalue weighted by Crippen LogP contribution is -1.99. The molecule has 0 amide bonds. The monoisotopic (exact) mass is 197 g/mol. The van der Waals surface area contributed by atoms with Gasteiger partial charge in [-0.3, -0.25) is 0 Å². The summed E-state index contributed by atoms with van der Waals surface area (Å²) in [7, 11) is 0. The van der Waals surface area contributed by atoms with Crippen molar-refractivity contribution >= 4 is 17.2 Å². The van der Waals surface area contributed by atoms with Crippen LogP contribution in [-0.2, 0) is 0 Å². The highest BCUT2D eigenvalue weighted by atomic mass is 35.5. The van der Waals surface area contributed by atoms with Gasteiger partial charge in [0.15, 0.2) is 0 Å². The van der Waals surface area contributed by atoms with Crippen LogP contribution in [-0.4, -0.2) is 11.7 Å². The maximum atomic E-state index is 9.47. The third-order valence-electron chi connectivity index (χ3n) is 1.79. The zero-order valence-electron chi connectivity index (χ0n) is 7.26. The maximum absolute atomic E-state index is 9.47. The van der Waals surface area contributed by atoms with Crippen LogP contribution in [0.15, 0.2) is 24.8 Å². The Morgan fingerprint density at radius 1 is 1.54 bits per heavy atom. The molecule has 0 heterocycles. The van der Waals surface area contributed by atoms with Crippen LogP contribution in [0.25, 0.3) is 5.57 Å². The molecule has 0 saturated carbocycles. The van der Waals surface area contributed by atoms with Crippen molar-refractivity contribution in [3.63, 3.8) is 0 Å². The molecule has 0 bridgehead atoms. The molecule has 0 radical (unpaired) electrons. The van der Waals surface area contributed by atoms with Crippen LogP contribution in [0.5, 0.6) is 5.75 Å².